The van der Waals surface area contributed by atoms with E-state index in [0.29, 0.717) is 12.8 Å². The molecule has 8 heteroatoms. The monoisotopic (exact) mass is 295 g/mol. The average Bonchev–Trinajstić information content (AvgIpc) is 2.42. The van der Waals surface area contributed by atoms with Gasteiger partial charge >= 0.3 is 5.97 Å². The number of nitrogens with two attached hydrogens (primary N) is 1. The van der Waals surface area contributed by atoms with E-state index in [0.717, 1.165) is 12.5 Å². The second kappa shape index (κ2) is 7.22. The molecule has 0 saturated heterocycles. The van der Waals surface area contributed by atoms with Crippen LogP contribution in [0.15, 0.2) is 18.2 Å². The van der Waals surface area contributed by atoms with E-state index in [-0.39, 0.29) is 16.9 Å². The lowest BCUT2D eigenvalue weighted by Crippen LogP contribution is -2.29. The highest BCUT2D eigenvalue weighted by Crippen LogP contribution is 2.26. The first-order chi connectivity index (χ1) is 9.86. The Morgan fingerprint density at radius 3 is 2.62 bits per heavy atom. The van der Waals surface area contributed by atoms with Crippen LogP contribution in [-0.2, 0) is 4.79 Å². The number of benzene rings is 1. The van der Waals surface area contributed by atoms with Gasteiger partial charge in [0.15, 0.2) is 0 Å². The fourth-order valence-electron chi connectivity index (χ4n) is 1.81. The Balaban J connectivity index is 3.07. The first-order valence-electron chi connectivity index (χ1n) is 6.44. The van der Waals surface area contributed by atoms with Crippen LogP contribution in [0.25, 0.3) is 0 Å². The van der Waals surface area contributed by atoms with E-state index < -0.39 is 22.8 Å². The summed E-state index contributed by atoms with van der Waals surface area (Å²) in [7, 11) is 0. The fraction of sp³-hybridized carbons (Fsp3) is 0.385. The SMILES string of the molecule is CCCC[C@H](Nc1ccc(C(N)=O)cc1[N+](=O)[O-])C(=O)O. The summed E-state index contributed by atoms with van der Waals surface area (Å²) in [5.74, 6) is -1.87. The van der Waals surface area contributed by atoms with Crippen LogP contribution in [0.3, 0.4) is 0 Å². The predicted octanol–water partition coefficient (Wildman–Crippen LogP) is 1.75. The molecule has 1 rings (SSSR count). The smallest absolute Gasteiger partial charge is 0.326 e. The van der Waals surface area contributed by atoms with E-state index in [1.54, 1.807) is 0 Å². The van der Waals surface area contributed by atoms with Gasteiger partial charge in [-0.2, -0.15) is 0 Å². The number of carbonyl (C=O) groups is 2. The number of nitro groups is 1. The third kappa shape index (κ3) is 4.44. The van der Waals surface area contributed by atoms with Gasteiger partial charge in [-0.15, -0.1) is 0 Å². The molecule has 1 aromatic rings. The molecule has 0 radical (unpaired) electrons. The molecule has 0 fully saturated rings. The topological polar surface area (TPSA) is 136 Å². The molecule has 21 heavy (non-hydrogen) atoms. The second-order valence-electron chi connectivity index (χ2n) is 4.53. The molecule has 0 unspecified atom stereocenters. The number of hydrogen-bond donors (Lipinski definition) is 3. The standard InChI is InChI=1S/C13H17N3O5/c1-2-3-4-10(13(18)19)15-9-6-5-8(12(14)17)7-11(9)16(20)21/h5-7,10,15H,2-4H2,1H3,(H2,14,17)(H,18,19)/t10-/m0/s1. The van der Waals surface area contributed by atoms with Crippen molar-refractivity contribution in [2.24, 2.45) is 5.73 Å². The number of aliphatic carboxylic acids is 1. The van der Waals surface area contributed by atoms with Gasteiger partial charge in [0.1, 0.15) is 11.7 Å². The summed E-state index contributed by atoms with van der Waals surface area (Å²) in [4.78, 5) is 32.5. The fourth-order valence-corrected chi connectivity index (χ4v) is 1.81. The number of nitrogens with one attached hydrogen (secondary N) is 1. The lowest BCUT2D eigenvalue weighted by Gasteiger charge is -2.15. The maximum absolute atomic E-state index is 11.2. The maximum atomic E-state index is 11.2. The van der Waals surface area contributed by atoms with Crippen molar-refractivity contribution in [3.05, 3.63) is 33.9 Å². The number of carboxylic acid groups (broad SMARTS) is 1. The number of nitrogens with zero attached hydrogens (tertiary/aromatic N) is 1. The number of primary amides is 1. The molecule has 8 nitrogen and oxygen atoms in total. The largest absolute Gasteiger partial charge is 0.480 e. The van der Waals surface area contributed by atoms with Crippen LogP contribution in [-0.4, -0.2) is 27.9 Å². The van der Waals surface area contributed by atoms with Crippen molar-refractivity contribution in [2.75, 3.05) is 5.32 Å². The Labute approximate surface area is 121 Å². The molecular formula is C13H17N3O5. The highest BCUT2D eigenvalue weighted by molar-refractivity contribution is 5.94. The minimum atomic E-state index is -1.09. The molecule has 1 aromatic carbocycles. The first-order valence-corrected chi connectivity index (χ1v) is 6.44. The van der Waals surface area contributed by atoms with Crippen molar-refractivity contribution < 1.29 is 19.6 Å². The molecule has 1 amide bonds. The third-order valence-electron chi connectivity index (χ3n) is 2.95. The zero-order valence-corrected chi connectivity index (χ0v) is 11.5. The number of unbranched alkanes of at least 4 members (excludes halogenated alkanes) is 1. The number of rotatable bonds is 8. The number of anilines is 1. The van der Waals surface area contributed by atoms with Gasteiger partial charge in [-0.1, -0.05) is 19.8 Å². The molecule has 0 bridgehead atoms. The molecule has 0 aliphatic heterocycles. The normalized spacial score (nSPS) is 11.7. The van der Waals surface area contributed by atoms with Gasteiger partial charge in [0, 0.05) is 11.6 Å². The van der Waals surface area contributed by atoms with Crippen molar-refractivity contribution in [3.63, 3.8) is 0 Å². The van der Waals surface area contributed by atoms with Crippen molar-refractivity contribution >= 4 is 23.3 Å². The number of nitro benzene ring substituents is 1. The van der Waals surface area contributed by atoms with Gasteiger partial charge in [-0.3, -0.25) is 14.9 Å². The van der Waals surface area contributed by atoms with Crippen LogP contribution in [0, 0.1) is 10.1 Å². The Morgan fingerprint density at radius 2 is 2.14 bits per heavy atom. The molecule has 4 N–H and O–H groups in total. The molecule has 0 aliphatic rings. The van der Waals surface area contributed by atoms with Crippen LogP contribution in [0.1, 0.15) is 36.5 Å². The average molecular weight is 295 g/mol. The van der Waals surface area contributed by atoms with E-state index in [1.807, 2.05) is 6.92 Å². The van der Waals surface area contributed by atoms with Gasteiger partial charge < -0.3 is 16.2 Å². The van der Waals surface area contributed by atoms with Crippen molar-refractivity contribution in [1.82, 2.24) is 0 Å². The summed E-state index contributed by atoms with van der Waals surface area (Å²) in [6.45, 7) is 1.92. The van der Waals surface area contributed by atoms with Crippen LogP contribution in [0.5, 0.6) is 0 Å². The quantitative estimate of drug-likeness (QED) is 0.493. The van der Waals surface area contributed by atoms with Crippen LogP contribution in [0.2, 0.25) is 0 Å². The summed E-state index contributed by atoms with van der Waals surface area (Å²) in [5.41, 5.74) is 4.73. The van der Waals surface area contributed by atoms with Crippen molar-refractivity contribution in [2.45, 2.75) is 32.2 Å². The van der Waals surface area contributed by atoms with Gasteiger partial charge in [0.25, 0.3) is 5.69 Å². The predicted molar refractivity (Wildman–Crippen MR) is 76.2 cm³/mol. The number of carboxylic acids is 1. The molecule has 0 saturated carbocycles. The molecule has 0 heterocycles. The van der Waals surface area contributed by atoms with Crippen molar-refractivity contribution in [3.8, 4) is 0 Å². The van der Waals surface area contributed by atoms with Crippen LogP contribution < -0.4 is 11.1 Å². The second-order valence-corrected chi connectivity index (χ2v) is 4.53. The minimum Gasteiger partial charge on any atom is -0.480 e. The number of carbonyl (C=O) groups excluding carboxylic acids is 1. The Hall–Kier alpha value is -2.64. The highest BCUT2D eigenvalue weighted by Gasteiger charge is 2.22. The minimum absolute atomic E-state index is 0.00677. The first kappa shape index (κ1) is 16.4. The zero-order valence-electron chi connectivity index (χ0n) is 11.5. The third-order valence-corrected chi connectivity index (χ3v) is 2.95. The van der Waals surface area contributed by atoms with E-state index in [2.05, 4.69) is 5.32 Å². The van der Waals surface area contributed by atoms with E-state index >= 15 is 0 Å². The Morgan fingerprint density at radius 1 is 1.48 bits per heavy atom. The molecule has 1 atom stereocenters. The van der Waals surface area contributed by atoms with Gasteiger partial charge in [0.05, 0.1) is 4.92 Å². The summed E-state index contributed by atoms with van der Waals surface area (Å²) in [6, 6.07) is 2.71. The highest BCUT2D eigenvalue weighted by atomic mass is 16.6. The molecule has 0 aromatic heterocycles. The molecule has 114 valence electrons. The number of hydrogen-bond acceptors (Lipinski definition) is 5. The lowest BCUT2D eigenvalue weighted by atomic mass is 10.1. The number of amides is 1. The zero-order chi connectivity index (χ0) is 16.0. The Bertz CT molecular complexity index is 559. The summed E-state index contributed by atoms with van der Waals surface area (Å²) < 4.78 is 0. The van der Waals surface area contributed by atoms with Gasteiger partial charge in [-0.05, 0) is 18.6 Å². The van der Waals surface area contributed by atoms with Crippen LogP contribution in [0.4, 0.5) is 11.4 Å². The summed E-state index contributed by atoms with van der Waals surface area (Å²) >= 11 is 0. The Kier molecular flexibility index (Phi) is 5.65. The molecular weight excluding hydrogens is 278 g/mol. The lowest BCUT2D eigenvalue weighted by molar-refractivity contribution is -0.384. The summed E-state index contributed by atoms with van der Waals surface area (Å²) in [5, 5.41) is 22.8. The van der Waals surface area contributed by atoms with Crippen molar-refractivity contribution in [1.29, 1.82) is 0 Å². The van der Waals surface area contributed by atoms with E-state index in [4.69, 9.17) is 10.8 Å². The molecule has 0 aliphatic carbocycles. The van der Waals surface area contributed by atoms with Gasteiger partial charge in [0.2, 0.25) is 5.91 Å². The van der Waals surface area contributed by atoms with Crippen LogP contribution >= 0.6 is 0 Å². The molecule has 0 spiro atoms. The maximum Gasteiger partial charge on any atom is 0.326 e. The van der Waals surface area contributed by atoms with Gasteiger partial charge in [-0.25, -0.2) is 4.79 Å². The van der Waals surface area contributed by atoms with E-state index in [9.17, 15) is 19.7 Å². The van der Waals surface area contributed by atoms with E-state index in [1.165, 1.54) is 12.1 Å². The summed E-state index contributed by atoms with van der Waals surface area (Å²) in [6.07, 6.45) is 1.84.